The number of carbonyl (C=O) groups excluding carboxylic acids is 1. The average molecular weight is 471 g/mol. The van der Waals surface area contributed by atoms with Crippen LogP contribution in [0.3, 0.4) is 0 Å². The molecule has 164 valence electrons. The maximum atomic E-state index is 14.6. The van der Waals surface area contributed by atoms with Gasteiger partial charge in [-0.2, -0.15) is 0 Å². The van der Waals surface area contributed by atoms with Gasteiger partial charge in [-0.15, -0.1) is 0 Å². The highest BCUT2D eigenvalue weighted by molar-refractivity contribution is 7.80. The monoisotopic (exact) mass is 470 g/mol. The zero-order valence-corrected chi connectivity index (χ0v) is 18.8. The van der Waals surface area contributed by atoms with Gasteiger partial charge in [0.1, 0.15) is 5.82 Å². The zero-order valence-electron chi connectivity index (χ0n) is 17.2. The molecule has 3 aromatic rings. The van der Waals surface area contributed by atoms with Crippen molar-refractivity contribution >= 4 is 34.9 Å². The lowest BCUT2D eigenvalue weighted by molar-refractivity contribution is 0.0600. The second kappa shape index (κ2) is 9.58. The molecule has 2 heterocycles. The van der Waals surface area contributed by atoms with Crippen LogP contribution in [0.15, 0.2) is 48.9 Å². The number of thiocarbonyl (C=S) groups is 1. The van der Waals surface area contributed by atoms with Crippen LogP contribution in [0.4, 0.5) is 4.39 Å². The summed E-state index contributed by atoms with van der Waals surface area (Å²) in [7, 11) is 1.29. The summed E-state index contributed by atoms with van der Waals surface area (Å²) in [6.45, 7) is 0.245. The molecule has 32 heavy (non-hydrogen) atoms. The number of carbonyl (C=O) groups is 1. The molecule has 1 aliphatic carbocycles. The van der Waals surface area contributed by atoms with E-state index in [0.29, 0.717) is 27.8 Å². The number of nitrogens with one attached hydrogen (secondary N) is 2. The Kier molecular flexibility index (Phi) is 6.62. The molecular weight excluding hydrogens is 451 g/mol. The van der Waals surface area contributed by atoms with Crippen molar-refractivity contribution in [1.29, 1.82) is 0 Å². The molecule has 1 aromatic carbocycles. The van der Waals surface area contributed by atoms with Gasteiger partial charge in [-0.05, 0) is 59.9 Å². The lowest BCUT2D eigenvalue weighted by Gasteiger charge is -2.23. The fourth-order valence-corrected chi connectivity index (χ4v) is 4.21. The molecule has 0 saturated carbocycles. The third-order valence-corrected chi connectivity index (χ3v) is 5.99. The first-order valence-electron chi connectivity index (χ1n) is 9.95. The maximum absolute atomic E-state index is 14.6. The molecule has 9 heteroatoms. The van der Waals surface area contributed by atoms with Crippen molar-refractivity contribution in [1.82, 2.24) is 20.6 Å². The number of fused-ring (bicyclic) bond motifs is 2. The third-order valence-electron chi connectivity index (χ3n) is 5.40. The van der Waals surface area contributed by atoms with Gasteiger partial charge in [0.2, 0.25) is 0 Å². The molecule has 0 fully saturated rings. The standard InChI is InChI=1S/C23H20ClFN4O2S/c1-31-22(30)14-9-18(24)20(27-10-14)12-28-23(32)29-21-16-3-2-4-19(25)15(16)6-5-13-7-8-26-11-17(13)21/h2-4,7-11,21H,5-6,12H2,1H3,(H2,28,29,32). The number of pyridine rings is 2. The van der Waals surface area contributed by atoms with Gasteiger partial charge in [-0.3, -0.25) is 9.97 Å². The second-order valence-electron chi connectivity index (χ2n) is 7.29. The van der Waals surface area contributed by atoms with Crippen LogP contribution in [-0.2, 0) is 24.1 Å². The van der Waals surface area contributed by atoms with Crippen molar-refractivity contribution in [3.63, 3.8) is 0 Å². The largest absolute Gasteiger partial charge is 0.465 e. The first-order chi connectivity index (χ1) is 15.5. The molecule has 4 rings (SSSR count). The number of methoxy groups -OCH3 is 1. The molecule has 1 aliphatic rings. The third kappa shape index (κ3) is 4.56. The molecular formula is C23H20ClFN4O2S. The van der Waals surface area contributed by atoms with Gasteiger partial charge < -0.3 is 15.4 Å². The highest BCUT2D eigenvalue weighted by Gasteiger charge is 2.26. The van der Waals surface area contributed by atoms with E-state index in [2.05, 4.69) is 25.3 Å². The Balaban J connectivity index is 1.54. The highest BCUT2D eigenvalue weighted by atomic mass is 35.5. The van der Waals surface area contributed by atoms with Gasteiger partial charge in [0.05, 0.1) is 36.0 Å². The highest BCUT2D eigenvalue weighted by Crippen LogP contribution is 2.33. The Labute approximate surface area is 195 Å². The molecule has 0 saturated heterocycles. The van der Waals surface area contributed by atoms with Crippen LogP contribution < -0.4 is 10.6 Å². The fourth-order valence-electron chi connectivity index (χ4n) is 3.79. The van der Waals surface area contributed by atoms with E-state index in [1.54, 1.807) is 18.5 Å². The van der Waals surface area contributed by atoms with Crippen LogP contribution >= 0.6 is 23.8 Å². The van der Waals surface area contributed by atoms with Gasteiger partial charge in [-0.25, -0.2) is 9.18 Å². The maximum Gasteiger partial charge on any atom is 0.339 e. The zero-order chi connectivity index (χ0) is 22.7. The van der Waals surface area contributed by atoms with Crippen LogP contribution in [0.1, 0.15) is 44.3 Å². The minimum atomic E-state index is -0.511. The Morgan fingerprint density at radius 2 is 2.12 bits per heavy atom. The van der Waals surface area contributed by atoms with Gasteiger partial charge in [0, 0.05) is 24.2 Å². The number of aromatic nitrogens is 2. The number of aryl methyl sites for hydroxylation is 1. The van der Waals surface area contributed by atoms with Gasteiger partial charge in [0.25, 0.3) is 0 Å². The summed E-state index contributed by atoms with van der Waals surface area (Å²) in [5.41, 5.74) is 4.35. The van der Waals surface area contributed by atoms with Crippen molar-refractivity contribution < 1.29 is 13.9 Å². The van der Waals surface area contributed by atoms with E-state index in [4.69, 9.17) is 23.8 Å². The van der Waals surface area contributed by atoms with E-state index in [1.165, 1.54) is 25.4 Å². The summed E-state index contributed by atoms with van der Waals surface area (Å²) in [6, 6.07) is 8.19. The van der Waals surface area contributed by atoms with Crippen molar-refractivity contribution in [2.75, 3.05) is 7.11 Å². The average Bonchev–Trinajstić information content (AvgIpc) is 2.96. The molecule has 1 atom stereocenters. The van der Waals surface area contributed by atoms with Crippen molar-refractivity contribution in [2.24, 2.45) is 0 Å². The molecule has 2 aromatic heterocycles. The molecule has 0 spiro atoms. The first kappa shape index (κ1) is 22.1. The van der Waals surface area contributed by atoms with Crippen LogP contribution in [0.2, 0.25) is 5.02 Å². The summed E-state index contributed by atoms with van der Waals surface area (Å²) in [5, 5.41) is 7.06. The van der Waals surface area contributed by atoms with E-state index < -0.39 is 5.97 Å². The smallest absolute Gasteiger partial charge is 0.339 e. The predicted octanol–water partition coefficient (Wildman–Crippen LogP) is 3.91. The van der Waals surface area contributed by atoms with E-state index in [-0.39, 0.29) is 24.0 Å². The first-order valence-corrected chi connectivity index (χ1v) is 10.7. The van der Waals surface area contributed by atoms with E-state index >= 15 is 0 Å². The summed E-state index contributed by atoms with van der Waals surface area (Å²) >= 11 is 11.8. The van der Waals surface area contributed by atoms with E-state index in [9.17, 15) is 9.18 Å². The lowest BCUT2D eigenvalue weighted by atomic mass is 9.96. The Morgan fingerprint density at radius 1 is 1.28 bits per heavy atom. The molecule has 1 unspecified atom stereocenters. The Morgan fingerprint density at radius 3 is 2.91 bits per heavy atom. The van der Waals surface area contributed by atoms with E-state index in [1.807, 2.05) is 12.1 Å². The lowest BCUT2D eigenvalue weighted by Crippen LogP contribution is -2.38. The van der Waals surface area contributed by atoms with Crippen LogP contribution in [0.5, 0.6) is 0 Å². The number of halogens is 2. The molecule has 0 amide bonds. The molecule has 0 bridgehead atoms. The molecule has 0 radical (unpaired) electrons. The van der Waals surface area contributed by atoms with Crippen molar-refractivity contribution in [3.05, 3.63) is 93.3 Å². The minimum absolute atomic E-state index is 0.226. The Bertz CT molecular complexity index is 1190. The predicted molar refractivity (Wildman–Crippen MR) is 123 cm³/mol. The van der Waals surface area contributed by atoms with Gasteiger partial charge in [0.15, 0.2) is 5.11 Å². The molecule has 0 aliphatic heterocycles. The van der Waals surface area contributed by atoms with Crippen LogP contribution in [-0.4, -0.2) is 28.2 Å². The number of nitrogens with zero attached hydrogens (tertiary/aromatic N) is 2. The minimum Gasteiger partial charge on any atom is -0.465 e. The summed E-state index contributed by atoms with van der Waals surface area (Å²) in [5.74, 6) is -0.738. The SMILES string of the molecule is COC(=O)c1cnc(CNC(=S)NC2c3cnccc3CCc3c(F)cccc32)c(Cl)c1. The van der Waals surface area contributed by atoms with Gasteiger partial charge in [-0.1, -0.05) is 23.7 Å². The number of hydrogen-bond donors (Lipinski definition) is 2. The fraction of sp³-hybridized carbons (Fsp3) is 0.217. The van der Waals surface area contributed by atoms with Gasteiger partial charge >= 0.3 is 5.97 Å². The summed E-state index contributed by atoms with van der Waals surface area (Å²) < 4.78 is 19.2. The number of benzene rings is 1. The van der Waals surface area contributed by atoms with E-state index in [0.717, 1.165) is 23.1 Å². The summed E-state index contributed by atoms with van der Waals surface area (Å²) in [6.07, 6.45) is 6.25. The summed E-state index contributed by atoms with van der Waals surface area (Å²) in [4.78, 5) is 20.1. The second-order valence-corrected chi connectivity index (χ2v) is 8.10. The molecule has 6 nitrogen and oxygen atoms in total. The topological polar surface area (TPSA) is 76.1 Å². The van der Waals surface area contributed by atoms with Crippen LogP contribution in [0.25, 0.3) is 0 Å². The number of hydrogen-bond acceptors (Lipinski definition) is 5. The van der Waals surface area contributed by atoms with Crippen molar-refractivity contribution in [3.8, 4) is 0 Å². The quantitative estimate of drug-likeness (QED) is 0.442. The van der Waals surface area contributed by atoms with Crippen molar-refractivity contribution in [2.45, 2.75) is 25.4 Å². The normalized spacial score (nSPS) is 14.5. The number of esters is 1. The molecule has 2 N–H and O–H groups in total. The Hall–Kier alpha value is -3.10. The van der Waals surface area contributed by atoms with Crippen LogP contribution in [0, 0.1) is 5.82 Å². The number of ether oxygens (including phenoxy) is 1. The number of rotatable bonds is 4.